The Labute approximate surface area is 183 Å². The lowest BCUT2D eigenvalue weighted by Gasteiger charge is -2.13. The summed E-state index contributed by atoms with van der Waals surface area (Å²) in [4.78, 5) is 28.1. The summed E-state index contributed by atoms with van der Waals surface area (Å²) in [6.45, 7) is 0.532. The Balaban J connectivity index is 1.66. The second kappa shape index (κ2) is 7.17. The summed E-state index contributed by atoms with van der Waals surface area (Å²) in [5.41, 5.74) is 4.52. The molecule has 154 valence electrons. The highest BCUT2D eigenvalue weighted by molar-refractivity contribution is 6.30. The van der Waals surface area contributed by atoms with Crippen molar-refractivity contribution in [3.05, 3.63) is 75.8 Å². The first-order valence-electron chi connectivity index (χ1n) is 10.6. The van der Waals surface area contributed by atoms with Crippen molar-refractivity contribution >= 4 is 44.8 Å². The van der Waals surface area contributed by atoms with Gasteiger partial charge in [0.15, 0.2) is 11.3 Å². The van der Waals surface area contributed by atoms with Crippen molar-refractivity contribution in [3.63, 3.8) is 0 Å². The van der Waals surface area contributed by atoms with Crippen LogP contribution in [0.1, 0.15) is 37.3 Å². The van der Waals surface area contributed by atoms with Crippen LogP contribution in [0.15, 0.2) is 59.7 Å². The van der Waals surface area contributed by atoms with Crippen LogP contribution in [0.25, 0.3) is 33.2 Å². The SMILES string of the molecule is O=c1c2c3nc4ccccc4nc3n(Cc3ccc(Cl)cc3)c2ncn1C1CCCC1. The van der Waals surface area contributed by atoms with Crippen LogP contribution in [0.2, 0.25) is 5.02 Å². The van der Waals surface area contributed by atoms with Crippen LogP contribution in [0, 0.1) is 0 Å². The molecule has 0 unspecified atom stereocenters. The fourth-order valence-electron chi connectivity index (χ4n) is 4.68. The summed E-state index contributed by atoms with van der Waals surface area (Å²) in [7, 11) is 0. The fourth-order valence-corrected chi connectivity index (χ4v) is 4.81. The summed E-state index contributed by atoms with van der Waals surface area (Å²) < 4.78 is 3.80. The number of hydrogen-bond donors (Lipinski definition) is 0. The Morgan fingerprint density at radius 3 is 2.39 bits per heavy atom. The van der Waals surface area contributed by atoms with Crippen LogP contribution in [-0.2, 0) is 6.54 Å². The van der Waals surface area contributed by atoms with E-state index in [2.05, 4.69) is 0 Å². The number of para-hydroxylation sites is 2. The minimum Gasteiger partial charge on any atom is -0.304 e. The highest BCUT2D eigenvalue weighted by Gasteiger charge is 2.24. The number of hydrogen-bond acceptors (Lipinski definition) is 4. The standard InChI is InChI=1S/C24H20ClN5O/c25-16-11-9-15(10-12-16)13-29-22-20(24(31)30(14-26-22)17-5-1-2-6-17)21-23(29)28-19-8-4-3-7-18(19)27-21/h3-4,7-12,14,17H,1-2,5-6,13H2. The molecule has 1 saturated carbocycles. The van der Waals surface area contributed by atoms with Gasteiger partial charge in [0.05, 0.1) is 17.6 Å². The van der Waals surface area contributed by atoms with Crippen molar-refractivity contribution in [1.82, 2.24) is 24.1 Å². The van der Waals surface area contributed by atoms with Crippen molar-refractivity contribution < 1.29 is 0 Å². The van der Waals surface area contributed by atoms with E-state index in [9.17, 15) is 4.79 Å². The molecule has 1 aliphatic carbocycles. The molecule has 7 heteroatoms. The zero-order valence-electron chi connectivity index (χ0n) is 16.8. The maximum Gasteiger partial charge on any atom is 0.265 e. The van der Waals surface area contributed by atoms with E-state index < -0.39 is 0 Å². The molecule has 0 saturated heterocycles. The van der Waals surface area contributed by atoms with E-state index in [1.807, 2.05) is 53.1 Å². The highest BCUT2D eigenvalue weighted by atomic mass is 35.5. The Kier molecular flexibility index (Phi) is 4.28. The molecule has 0 amide bonds. The van der Waals surface area contributed by atoms with Crippen molar-refractivity contribution in [3.8, 4) is 0 Å². The van der Waals surface area contributed by atoms with Gasteiger partial charge in [-0.05, 0) is 42.7 Å². The first kappa shape index (κ1) is 18.5. The minimum atomic E-state index is -0.0265. The molecule has 6 nitrogen and oxygen atoms in total. The first-order chi connectivity index (χ1) is 15.2. The average molecular weight is 430 g/mol. The van der Waals surface area contributed by atoms with Crippen molar-refractivity contribution in [1.29, 1.82) is 0 Å². The zero-order chi connectivity index (χ0) is 20.9. The molecule has 3 heterocycles. The largest absolute Gasteiger partial charge is 0.304 e. The lowest BCUT2D eigenvalue weighted by atomic mass is 10.2. The number of aromatic nitrogens is 5. The van der Waals surface area contributed by atoms with E-state index in [-0.39, 0.29) is 11.6 Å². The molecule has 31 heavy (non-hydrogen) atoms. The molecule has 0 bridgehead atoms. The van der Waals surface area contributed by atoms with Crippen LogP contribution in [-0.4, -0.2) is 24.1 Å². The minimum absolute atomic E-state index is 0.0265. The number of nitrogens with zero attached hydrogens (tertiary/aromatic N) is 5. The molecule has 0 spiro atoms. The monoisotopic (exact) mass is 429 g/mol. The maximum absolute atomic E-state index is 13.6. The lowest BCUT2D eigenvalue weighted by Crippen LogP contribution is -2.24. The molecule has 2 aromatic carbocycles. The molecule has 0 atom stereocenters. The topological polar surface area (TPSA) is 65.6 Å². The molecule has 0 N–H and O–H groups in total. The maximum atomic E-state index is 13.6. The van der Waals surface area contributed by atoms with Gasteiger partial charge in [-0.1, -0.05) is 48.7 Å². The highest BCUT2D eigenvalue weighted by Crippen LogP contribution is 2.30. The van der Waals surface area contributed by atoms with Gasteiger partial charge in [0.2, 0.25) is 0 Å². The fraction of sp³-hybridized carbons (Fsp3) is 0.250. The Morgan fingerprint density at radius 2 is 1.65 bits per heavy atom. The molecule has 3 aromatic heterocycles. The summed E-state index contributed by atoms with van der Waals surface area (Å²) in [6.07, 6.45) is 6.05. The van der Waals surface area contributed by atoms with Gasteiger partial charge >= 0.3 is 0 Å². The van der Waals surface area contributed by atoms with Crippen molar-refractivity contribution in [2.75, 3.05) is 0 Å². The van der Waals surface area contributed by atoms with Crippen LogP contribution in [0.3, 0.4) is 0 Å². The average Bonchev–Trinajstić information content (AvgIpc) is 3.42. The van der Waals surface area contributed by atoms with Gasteiger partial charge in [-0.15, -0.1) is 0 Å². The molecular formula is C24H20ClN5O. The summed E-state index contributed by atoms with van der Waals surface area (Å²) in [5.74, 6) is 0. The molecule has 6 rings (SSSR count). The second-order valence-electron chi connectivity index (χ2n) is 8.19. The molecule has 0 radical (unpaired) electrons. The predicted molar refractivity (Wildman–Crippen MR) is 123 cm³/mol. The zero-order valence-corrected chi connectivity index (χ0v) is 17.6. The van der Waals surface area contributed by atoms with Gasteiger partial charge in [0.25, 0.3) is 5.56 Å². The van der Waals surface area contributed by atoms with E-state index in [0.717, 1.165) is 42.3 Å². The van der Waals surface area contributed by atoms with Crippen molar-refractivity contribution in [2.24, 2.45) is 0 Å². The molecule has 5 aromatic rings. The molecule has 1 fully saturated rings. The summed E-state index contributed by atoms with van der Waals surface area (Å²) in [5, 5.41) is 1.24. The van der Waals surface area contributed by atoms with E-state index in [1.165, 1.54) is 0 Å². The third-order valence-electron chi connectivity index (χ3n) is 6.25. The van der Waals surface area contributed by atoms with Gasteiger partial charge in [-0.3, -0.25) is 9.36 Å². The lowest BCUT2D eigenvalue weighted by molar-refractivity contribution is 0.498. The van der Waals surface area contributed by atoms with E-state index in [4.69, 9.17) is 26.6 Å². The van der Waals surface area contributed by atoms with Crippen LogP contribution >= 0.6 is 11.6 Å². The number of halogens is 1. The van der Waals surface area contributed by atoms with Crippen LogP contribution in [0.5, 0.6) is 0 Å². The first-order valence-corrected chi connectivity index (χ1v) is 11.0. The van der Waals surface area contributed by atoms with Crippen LogP contribution in [0.4, 0.5) is 0 Å². The van der Waals surface area contributed by atoms with Gasteiger partial charge < -0.3 is 4.57 Å². The summed E-state index contributed by atoms with van der Waals surface area (Å²) >= 11 is 6.06. The number of rotatable bonds is 3. The quantitative estimate of drug-likeness (QED) is 0.399. The normalized spacial score (nSPS) is 14.9. The Bertz CT molecular complexity index is 1500. The number of benzene rings is 2. The van der Waals surface area contributed by atoms with Gasteiger partial charge in [0, 0.05) is 11.1 Å². The van der Waals surface area contributed by atoms with E-state index in [1.54, 1.807) is 10.9 Å². The number of fused-ring (bicyclic) bond motifs is 4. The smallest absolute Gasteiger partial charge is 0.265 e. The predicted octanol–water partition coefficient (Wildman–Crippen LogP) is 5.11. The van der Waals surface area contributed by atoms with E-state index >= 15 is 0 Å². The van der Waals surface area contributed by atoms with Gasteiger partial charge in [-0.2, -0.15) is 0 Å². The third kappa shape index (κ3) is 3.01. The van der Waals surface area contributed by atoms with Gasteiger partial charge in [-0.25, -0.2) is 15.0 Å². The van der Waals surface area contributed by atoms with E-state index in [0.29, 0.717) is 33.8 Å². The summed E-state index contributed by atoms with van der Waals surface area (Å²) in [6, 6.07) is 15.7. The molecular weight excluding hydrogens is 410 g/mol. The van der Waals surface area contributed by atoms with Gasteiger partial charge in [0.1, 0.15) is 17.2 Å². The van der Waals surface area contributed by atoms with Crippen molar-refractivity contribution in [2.45, 2.75) is 38.3 Å². The Morgan fingerprint density at radius 1 is 0.935 bits per heavy atom. The third-order valence-corrected chi connectivity index (χ3v) is 6.50. The molecule has 1 aliphatic rings. The Hall–Kier alpha value is -3.25. The molecule has 0 aliphatic heterocycles. The van der Waals surface area contributed by atoms with Crippen LogP contribution < -0.4 is 5.56 Å². The second-order valence-corrected chi connectivity index (χ2v) is 8.63.